The van der Waals surface area contributed by atoms with Gasteiger partial charge in [0.05, 0.1) is 0 Å². The first-order valence-corrected chi connectivity index (χ1v) is 7.09. The van der Waals surface area contributed by atoms with E-state index >= 15 is 0 Å². The van der Waals surface area contributed by atoms with E-state index in [0.717, 1.165) is 36.3 Å². The fraction of sp³-hybridized carbons (Fsp3) is 0.625. The van der Waals surface area contributed by atoms with E-state index in [4.69, 9.17) is 0 Å². The van der Waals surface area contributed by atoms with Crippen molar-refractivity contribution in [3.63, 3.8) is 0 Å². The van der Waals surface area contributed by atoms with Crippen molar-refractivity contribution in [1.82, 2.24) is 5.32 Å². The summed E-state index contributed by atoms with van der Waals surface area (Å²) in [5.41, 5.74) is 1.55. The summed E-state index contributed by atoms with van der Waals surface area (Å²) in [6.45, 7) is 5.75. The summed E-state index contributed by atoms with van der Waals surface area (Å²) in [4.78, 5) is 0. The molecule has 5 atom stereocenters. The second-order valence-electron chi connectivity index (χ2n) is 5.88. The van der Waals surface area contributed by atoms with Gasteiger partial charge in [0.25, 0.3) is 0 Å². The van der Waals surface area contributed by atoms with Gasteiger partial charge in [-0.3, -0.25) is 0 Å². The molecule has 1 nitrogen and oxygen atoms in total. The Morgan fingerprint density at radius 3 is 2.47 bits per heavy atom. The van der Waals surface area contributed by atoms with Crippen LogP contribution in [0.3, 0.4) is 0 Å². The average molecular weight is 229 g/mol. The quantitative estimate of drug-likeness (QED) is 0.815. The molecule has 1 heteroatoms. The molecule has 2 saturated carbocycles. The number of rotatable bonds is 5. The molecule has 0 spiro atoms. The summed E-state index contributed by atoms with van der Waals surface area (Å²) >= 11 is 0. The molecule has 1 N–H and O–H groups in total. The van der Waals surface area contributed by atoms with Gasteiger partial charge in [0.2, 0.25) is 0 Å². The van der Waals surface area contributed by atoms with Crippen molar-refractivity contribution < 1.29 is 0 Å². The maximum atomic E-state index is 3.74. The van der Waals surface area contributed by atoms with Crippen LogP contribution in [-0.4, -0.2) is 12.6 Å². The molecule has 5 unspecified atom stereocenters. The second-order valence-corrected chi connectivity index (χ2v) is 5.88. The van der Waals surface area contributed by atoms with E-state index < -0.39 is 0 Å². The summed E-state index contributed by atoms with van der Waals surface area (Å²) in [5.74, 6) is 3.63. The summed E-state index contributed by atoms with van der Waals surface area (Å²) < 4.78 is 0. The first-order valence-electron chi connectivity index (χ1n) is 7.09. The first kappa shape index (κ1) is 11.3. The molecule has 1 aromatic rings. The maximum Gasteiger partial charge on any atom is 0.0132 e. The average Bonchev–Trinajstić information content (AvgIpc) is 3.24. The van der Waals surface area contributed by atoms with Crippen LogP contribution in [-0.2, 0) is 0 Å². The van der Waals surface area contributed by atoms with Crippen molar-refractivity contribution in [2.45, 2.75) is 38.6 Å². The van der Waals surface area contributed by atoms with Gasteiger partial charge in [-0.15, -0.1) is 0 Å². The predicted molar refractivity (Wildman–Crippen MR) is 72.0 cm³/mol. The van der Waals surface area contributed by atoms with Crippen LogP contribution in [0.15, 0.2) is 30.3 Å². The lowest BCUT2D eigenvalue weighted by molar-refractivity contribution is 0.406. The van der Waals surface area contributed by atoms with Crippen molar-refractivity contribution in [2.24, 2.45) is 17.8 Å². The van der Waals surface area contributed by atoms with Crippen molar-refractivity contribution >= 4 is 0 Å². The molecular weight excluding hydrogens is 206 g/mol. The summed E-state index contributed by atoms with van der Waals surface area (Å²) in [7, 11) is 0. The van der Waals surface area contributed by atoms with Gasteiger partial charge in [-0.1, -0.05) is 44.2 Å². The minimum atomic E-state index is 0.778. The number of benzene rings is 1. The zero-order chi connectivity index (χ0) is 11.8. The number of hydrogen-bond donors (Lipinski definition) is 1. The molecule has 17 heavy (non-hydrogen) atoms. The molecule has 0 radical (unpaired) electrons. The second kappa shape index (κ2) is 4.45. The van der Waals surface area contributed by atoms with Gasteiger partial charge >= 0.3 is 0 Å². The Morgan fingerprint density at radius 2 is 1.88 bits per heavy atom. The molecule has 0 heterocycles. The fourth-order valence-corrected chi connectivity index (χ4v) is 3.40. The Hall–Kier alpha value is -0.820. The van der Waals surface area contributed by atoms with Gasteiger partial charge in [-0.2, -0.15) is 0 Å². The molecule has 0 aliphatic heterocycles. The summed E-state index contributed by atoms with van der Waals surface area (Å²) in [6.07, 6.45) is 2.83. The van der Waals surface area contributed by atoms with Crippen LogP contribution in [0.1, 0.15) is 38.2 Å². The number of nitrogens with one attached hydrogen (secondary N) is 1. The van der Waals surface area contributed by atoms with Crippen LogP contribution in [0.25, 0.3) is 0 Å². The molecule has 3 rings (SSSR count). The Balaban J connectivity index is 1.66. The lowest BCUT2D eigenvalue weighted by Crippen LogP contribution is -2.34. The normalized spacial score (nSPS) is 36.6. The maximum absolute atomic E-state index is 3.74. The molecule has 2 aliphatic rings. The van der Waals surface area contributed by atoms with E-state index in [9.17, 15) is 0 Å². The van der Waals surface area contributed by atoms with Gasteiger partial charge in [0.1, 0.15) is 0 Å². The fourth-order valence-electron chi connectivity index (χ4n) is 3.40. The smallest absolute Gasteiger partial charge is 0.0132 e. The molecule has 2 fully saturated rings. The third-order valence-corrected chi connectivity index (χ3v) is 4.60. The molecule has 0 saturated heterocycles. The summed E-state index contributed by atoms with van der Waals surface area (Å²) in [6, 6.07) is 11.8. The highest BCUT2D eigenvalue weighted by Crippen LogP contribution is 2.55. The Labute approximate surface area is 105 Å². The topological polar surface area (TPSA) is 12.0 Å². The lowest BCUT2D eigenvalue weighted by atomic mass is 10.0. The van der Waals surface area contributed by atoms with Crippen LogP contribution in [0.2, 0.25) is 0 Å². The van der Waals surface area contributed by atoms with E-state index in [0.29, 0.717) is 0 Å². The number of hydrogen-bond acceptors (Lipinski definition) is 1. The Kier molecular flexibility index (Phi) is 2.96. The minimum absolute atomic E-state index is 0.778. The largest absolute Gasteiger partial charge is 0.314 e. The molecule has 92 valence electrons. The van der Waals surface area contributed by atoms with Crippen molar-refractivity contribution in [3.05, 3.63) is 35.9 Å². The van der Waals surface area contributed by atoms with Crippen LogP contribution >= 0.6 is 0 Å². The van der Waals surface area contributed by atoms with E-state index in [-0.39, 0.29) is 0 Å². The van der Waals surface area contributed by atoms with Gasteiger partial charge in [0, 0.05) is 6.04 Å². The van der Waals surface area contributed by atoms with E-state index in [1.54, 1.807) is 5.56 Å². The lowest BCUT2D eigenvalue weighted by Gasteiger charge is -2.18. The molecule has 0 amide bonds. The molecule has 1 aromatic carbocycles. The van der Waals surface area contributed by atoms with Gasteiger partial charge in [0.15, 0.2) is 0 Å². The summed E-state index contributed by atoms with van der Waals surface area (Å²) in [5, 5.41) is 3.74. The molecule has 2 aliphatic carbocycles. The van der Waals surface area contributed by atoms with Crippen molar-refractivity contribution in [3.8, 4) is 0 Å². The van der Waals surface area contributed by atoms with Crippen LogP contribution < -0.4 is 5.32 Å². The highest BCUT2D eigenvalue weighted by molar-refractivity contribution is 5.27. The zero-order valence-electron chi connectivity index (χ0n) is 10.9. The monoisotopic (exact) mass is 229 g/mol. The minimum Gasteiger partial charge on any atom is -0.314 e. The zero-order valence-corrected chi connectivity index (χ0v) is 10.9. The first-order chi connectivity index (χ1) is 8.31. The van der Waals surface area contributed by atoms with Crippen LogP contribution in [0.4, 0.5) is 0 Å². The third kappa shape index (κ3) is 2.26. The van der Waals surface area contributed by atoms with Crippen molar-refractivity contribution in [1.29, 1.82) is 0 Å². The van der Waals surface area contributed by atoms with Crippen LogP contribution in [0, 0.1) is 17.8 Å². The molecular formula is C16H23N. The van der Waals surface area contributed by atoms with Gasteiger partial charge < -0.3 is 5.32 Å². The van der Waals surface area contributed by atoms with Crippen LogP contribution in [0.5, 0.6) is 0 Å². The van der Waals surface area contributed by atoms with Gasteiger partial charge in [-0.25, -0.2) is 0 Å². The van der Waals surface area contributed by atoms with E-state index in [1.165, 1.54) is 12.8 Å². The molecule has 0 aromatic heterocycles. The predicted octanol–water partition coefficient (Wildman–Crippen LogP) is 3.42. The highest BCUT2D eigenvalue weighted by Gasteiger charge is 2.51. The van der Waals surface area contributed by atoms with E-state index in [1.807, 2.05) is 0 Å². The van der Waals surface area contributed by atoms with Crippen molar-refractivity contribution in [2.75, 3.05) is 6.54 Å². The van der Waals surface area contributed by atoms with Gasteiger partial charge in [-0.05, 0) is 48.6 Å². The Morgan fingerprint density at radius 1 is 1.18 bits per heavy atom. The highest BCUT2D eigenvalue weighted by atomic mass is 14.9. The van der Waals surface area contributed by atoms with E-state index in [2.05, 4.69) is 49.5 Å². The standard InChI is InChI=1S/C16H23N/c1-3-17-16(13-9-11(13)2)15-10-14(15)12-7-5-4-6-8-12/h4-8,11,13-17H,3,9-10H2,1-2H3. The third-order valence-electron chi connectivity index (χ3n) is 4.60. The molecule has 0 bridgehead atoms. The SMILES string of the molecule is CCNC(C1CC1C)C1CC1c1ccccc1. The Bertz CT molecular complexity index is 372.